The van der Waals surface area contributed by atoms with Gasteiger partial charge in [-0.3, -0.25) is 29.3 Å². The summed E-state index contributed by atoms with van der Waals surface area (Å²) in [6.45, 7) is 35.3. The lowest BCUT2D eigenvalue weighted by molar-refractivity contribution is 0.0729. The van der Waals surface area contributed by atoms with Crippen molar-refractivity contribution < 1.29 is 19.1 Å². The van der Waals surface area contributed by atoms with Gasteiger partial charge in [-0.15, -0.1) is 0 Å². The van der Waals surface area contributed by atoms with E-state index in [1.54, 1.807) is 7.11 Å². The maximum absolute atomic E-state index is 11.8. The van der Waals surface area contributed by atoms with Crippen molar-refractivity contribution in [2.24, 2.45) is 53.1 Å². The summed E-state index contributed by atoms with van der Waals surface area (Å²) in [7, 11) is 1.70. The predicted molar refractivity (Wildman–Crippen MR) is 455 cm³/mol. The second-order valence-corrected chi connectivity index (χ2v) is 35.0. The molecule has 18 rings (SSSR count). The molecule has 111 heavy (non-hydrogen) atoms. The summed E-state index contributed by atoms with van der Waals surface area (Å²) in [5, 5.41) is 10.0. The molecule has 0 spiro atoms. The first-order valence-corrected chi connectivity index (χ1v) is 43.6. The maximum Gasteiger partial charge on any atom is 0.409 e. The molecule has 9 atom stereocenters. The number of ether oxygens (including phenoxy) is 2. The molecule has 2 amide bonds. The quantitative estimate of drug-likeness (QED) is 0.0994. The Hall–Kier alpha value is -7.30. The lowest BCUT2D eigenvalue weighted by atomic mass is 9.93. The van der Waals surface area contributed by atoms with Gasteiger partial charge in [0.05, 0.1) is 47.3 Å². The van der Waals surface area contributed by atoms with Crippen LogP contribution in [0.4, 0.5) is 33.2 Å². The molecule has 6 saturated heterocycles. The number of likely N-dealkylation sites (tertiary alicyclic amines) is 1. The highest BCUT2D eigenvalue weighted by atomic mass is 35.5. The fraction of sp³-hybridized carbons (Fsp3) is 0.602. The van der Waals surface area contributed by atoms with Gasteiger partial charge in [-0.05, 0) is 217 Å². The molecular weight excluding hydrogens is 1400 g/mol. The van der Waals surface area contributed by atoms with Gasteiger partial charge < -0.3 is 44.6 Å². The number of methoxy groups -OCH3 is 1. The average Bonchev–Trinajstić information content (AvgIpc) is 1.77. The standard InChI is InChI=1S/C20H31N3O2.2C19H25N3O.C18H23ClN2.C17H26N2/c1-4-25-20(24)23-9-7-18(8-10-23)21-11-13-22(14-12-21)19-15-16(2)5-6-17(19)3;1-23-19-5-3-15(13-20)12-18(19)22-8-6-21(7-9-22)17-11-14-2-4-16(17)10-14;20-19(23)17-3-1-2-4-18(17)22-9-7-21(8-10-22)13-16-12-14-5-6-15(16)11-14;19-17-3-1-2-4-18(17)21-9-7-20(8-10-21)13-16-12-14-5-6-15(16)11-14;1-15-7-5-6-10-17(15)19-13-11-18(12-14-19)16-8-3-2-4-9-16/h5-6,15,18H,4,7-14H2,1-3H3;3,5,12,14,16-17H,2,4,6-11H2,1H3;1-6,14-16H,7-13H2,(H2,20,23);1-6,14-16H,7-13H2;5-7,10,16H,2-4,8-9,11-14H2,1H3. The minimum atomic E-state index is -0.336. The van der Waals surface area contributed by atoms with E-state index in [2.05, 4.69) is 155 Å². The van der Waals surface area contributed by atoms with E-state index in [1.807, 2.05) is 66.4 Å². The summed E-state index contributed by atoms with van der Waals surface area (Å²) < 4.78 is 10.6. The van der Waals surface area contributed by atoms with Gasteiger partial charge in [0, 0.05) is 192 Å². The number of primary amides is 1. The number of halogens is 1. The molecule has 18 heteroatoms. The number of nitriles is 1. The zero-order chi connectivity index (χ0) is 76.7. The minimum Gasteiger partial charge on any atom is -0.495 e. The normalized spacial score (nSPS) is 27.0. The van der Waals surface area contributed by atoms with E-state index in [4.69, 9.17) is 32.1 Å². The molecule has 5 saturated carbocycles. The van der Waals surface area contributed by atoms with E-state index in [0.717, 1.165) is 199 Å². The predicted octanol–water partition coefficient (Wildman–Crippen LogP) is 15.2. The van der Waals surface area contributed by atoms with E-state index in [9.17, 15) is 9.59 Å². The molecule has 6 bridgehead atoms. The van der Waals surface area contributed by atoms with Gasteiger partial charge in [0.2, 0.25) is 0 Å². The number of para-hydroxylation sites is 3. The van der Waals surface area contributed by atoms with Crippen molar-refractivity contribution in [3.8, 4) is 11.8 Å². The van der Waals surface area contributed by atoms with Gasteiger partial charge in [0.25, 0.3) is 5.91 Å². The first kappa shape index (κ1) is 80.3. The van der Waals surface area contributed by atoms with Crippen molar-refractivity contribution in [3.63, 3.8) is 0 Å². The second kappa shape index (κ2) is 38.7. The Bertz CT molecular complexity index is 3920. The van der Waals surface area contributed by atoms with Crippen LogP contribution in [-0.4, -0.2) is 230 Å². The number of piperidine rings is 1. The van der Waals surface area contributed by atoms with Gasteiger partial charge in [-0.1, -0.05) is 116 Å². The van der Waals surface area contributed by atoms with E-state index in [1.165, 1.54) is 170 Å². The fourth-order valence-corrected chi connectivity index (χ4v) is 21.8. The van der Waals surface area contributed by atoms with Crippen LogP contribution in [0.2, 0.25) is 5.02 Å². The highest BCUT2D eigenvalue weighted by molar-refractivity contribution is 6.33. The van der Waals surface area contributed by atoms with Crippen LogP contribution in [0.15, 0.2) is 133 Å². The number of aryl methyl sites for hydroxylation is 3. The molecule has 598 valence electrons. The number of hydrogen-bond donors (Lipinski definition) is 1. The van der Waals surface area contributed by atoms with Gasteiger partial charge in [-0.25, -0.2) is 4.79 Å². The SMILES string of the molecule is CCOC(=O)N1CCC(N2CCN(c3cc(C)ccc3C)CC2)CC1.COc1ccc(C#N)cc1N1CCN(C2CC3CCC2C3)CC1.Cc1ccccc1N1CCN(C2CCCCC2)CC1.Clc1ccccc1N1CCN(CC2CC3C=CC2C3)CC1.NC(=O)c1ccccc1N1CCN(CC2CC3C=CC2C3)CC1. The van der Waals surface area contributed by atoms with Crippen molar-refractivity contribution in [1.82, 2.24) is 29.4 Å². The summed E-state index contributed by atoms with van der Waals surface area (Å²) in [5.41, 5.74) is 17.0. The molecule has 13 aliphatic rings. The number of anilines is 5. The number of piperazine rings is 5. The van der Waals surface area contributed by atoms with Gasteiger partial charge >= 0.3 is 6.09 Å². The molecule has 9 unspecified atom stereocenters. The number of amides is 2. The number of rotatable bonds is 15. The number of nitrogens with two attached hydrogens (primary N) is 1. The van der Waals surface area contributed by atoms with Crippen molar-refractivity contribution in [2.75, 3.05) is 195 Å². The second-order valence-electron chi connectivity index (χ2n) is 34.6. The maximum atomic E-state index is 11.8. The topological polar surface area (TPSA) is 138 Å². The number of benzene rings is 5. The number of nitrogens with zero attached hydrogens (tertiary/aromatic N) is 12. The van der Waals surface area contributed by atoms with Crippen LogP contribution in [-0.2, 0) is 4.74 Å². The third-order valence-electron chi connectivity index (χ3n) is 27.8. The van der Waals surface area contributed by atoms with Crippen LogP contribution < -0.4 is 35.0 Å². The smallest absolute Gasteiger partial charge is 0.409 e. The average molecular weight is 1530 g/mol. The Morgan fingerprint density at radius 3 is 1.52 bits per heavy atom. The van der Waals surface area contributed by atoms with Crippen LogP contribution in [0.3, 0.4) is 0 Å². The lowest BCUT2D eigenvalue weighted by Gasteiger charge is -2.43. The first-order chi connectivity index (χ1) is 54.2. The number of fused-ring (bicyclic) bond motifs is 6. The molecule has 5 aromatic rings. The molecular formula is C93H130ClN13O4. The summed E-state index contributed by atoms with van der Waals surface area (Å²) in [6.07, 6.45) is 30.4. The monoisotopic (exact) mass is 1530 g/mol. The first-order valence-electron chi connectivity index (χ1n) is 43.3. The lowest BCUT2D eigenvalue weighted by Crippen LogP contribution is -2.54. The number of hydrogen-bond acceptors (Lipinski definition) is 15. The summed E-state index contributed by atoms with van der Waals surface area (Å²) >= 11 is 6.31. The zero-order valence-electron chi connectivity index (χ0n) is 67.8. The number of carbonyl (C=O) groups is 2. The van der Waals surface area contributed by atoms with E-state index < -0.39 is 0 Å². The largest absolute Gasteiger partial charge is 0.495 e. The van der Waals surface area contributed by atoms with Crippen molar-refractivity contribution in [1.29, 1.82) is 5.26 Å². The molecule has 7 aliphatic carbocycles. The molecule has 2 N–H and O–H groups in total. The van der Waals surface area contributed by atoms with Crippen molar-refractivity contribution in [3.05, 3.63) is 166 Å². The Morgan fingerprint density at radius 2 is 1.00 bits per heavy atom. The molecule has 6 aliphatic heterocycles. The van der Waals surface area contributed by atoms with Crippen molar-refractivity contribution >= 4 is 52.0 Å². The van der Waals surface area contributed by atoms with E-state index in [0.29, 0.717) is 23.8 Å². The molecule has 0 aromatic heterocycles. The molecule has 17 nitrogen and oxygen atoms in total. The fourth-order valence-electron chi connectivity index (χ4n) is 21.5. The third-order valence-corrected chi connectivity index (χ3v) is 28.1. The minimum absolute atomic E-state index is 0.152. The van der Waals surface area contributed by atoms with Gasteiger partial charge in [-0.2, -0.15) is 5.26 Å². The van der Waals surface area contributed by atoms with Crippen LogP contribution in [0, 0.1) is 79.4 Å². The summed E-state index contributed by atoms with van der Waals surface area (Å²) in [4.78, 5) is 50.8. The number of allylic oxidation sites excluding steroid dienone is 4. The molecule has 0 radical (unpaired) electrons. The van der Waals surface area contributed by atoms with Gasteiger partial charge in [0.1, 0.15) is 5.75 Å². The molecule has 5 aromatic carbocycles. The van der Waals surface area contributed by atoms with Crippen LogP contribution in [0.5, 0.6) is 5.75 Å². The van der Waals surface area contributed by atoms with E-state index >= 15 is 0 Å². The van der Waals surface area contributed by atoms with Crippen LogP contribution >= 0.6 is 11.6 Å². The van der Waals surface area contributed by atoms with Crippen LogP contribution in [0.1, 0.15) is 136 Å². The van der Waals surface area contributed by atoms with Crippen molar-refractivity contribution in [2.45, 2.75) is 142 Å². The Morgan fingerprint density at radius 1 is 0.486 bits per heavy atom. The Labute approximate surface area is 670 Å². The Kier molecular flexibility index (Phi) is 28.0. The molecule has 11 fully saturated rings. The third kappa shape index (κ3) is 20.4. The van der Waals surface area contributed by atoms with Crippen LogP contribution in [0.25, 0.3) is 0 Å². The summed E-state index contributed by atoms with van der Waals surface area (Å²) in [5.74, 6) is 7.72. The number of carbonyl (C=O) groups excluding carboxylic acids is 2. The molecule has 6 heterocycles. The van der Waals surface area contributed by atoms with E-state index in [-0.39, 0.29) is 12.0 Å². The zero-order valence-corrected chi connectivity index (χ0v) is 68.5. The highest BCUT2D eigenvalue weighted by Gasteiger charge is 2.44. The Balaban J connectivity index is 0.000000116. The highest BCUT2D eigenvalue weighted by Crippen LogP contribution is 2.48. The summed E-state index contributed by atoms with van der Waals surface area (Å²) in [6, 6.07) is 41.7. The van der Waals surface area contributed by atoms with Gasteiger partial charge in [0.15, 0.2) is 0 Å².